The maximum absolute atomic E-state index is 12.3. The highest BCUT2D eigenvalue weighted by molar-refractivity contribution is 9.11. The van der Waals surface area contributed by atoms with Crippen LogP contribution in [0.3, 0.4) is 0 Å². The molecule has 4 heteroatoms. The van der Waals surface area contributed by atoms with E-state index in [9.17, 15) is 4.79 Å². The summed E-state index contributed by atoms with van der Waals surface area (Å²) in [5.41, 5.74) is 1.51. The third-order valence-electron chi connectivity index (χ3n) is 3.45. The second-order valence-corrected chi connectivity index (χ2v) is 5.73. The molecule has 0 atom stereocenters. The predicted molar refractivity (Wildman–Crippen MR) is 83.4 cm³/mol. The molecule has 1 aliphatic rings. The number of nitrogens with one attached hydrogen (secondary N) is 1. The first kappa shape index (κ1) is 14.6. The van der Waals surface area contributed by atoms with E-state index < -0.39 is 0 Å². The van der Waals surface area contributed by atoms with Crippen LogP contribution in [0.4, 0.5) is 0 Å². The Morgan fingerprint density at radius 3 is 2.42 bits per heavy atom. The molecule has 1 fully saturated rings. The summed E-state index contributed by atoms with van der Waals surface area (Å²) in [5, 5.41) is 3.78. The van der Waals surface area contributed by atoms with E-state index in [-0.39, 0.29) is 5.91 Å². The third-order valence-corrected chi connectivity index (χ3v) is 4.16. The summed E-state index contributed by atoms with van der Waals surface area (Å²) in [6, 6.07) is 7.62. The van der Waals surface area contributed by atoms with Crippen molar-refractivity contribution in [3.05, 3.63) is 39.8 Å². The van der Waals surface area contributed by atoms with E-state index in [0.717, 1.165) is 18.4 Å². The number of hydrogen-bond acceptors (Lipinski definition) is 1. The van der Waals surface area contributed by atoms with Gasteiger partial charge in [-0.1, -0.05) is 58.9 Å². The highest BCUT2D eigenvalue weighted by atomic mass is 79.9. The molecule has 1 aromatic carbocycles. The fourth-order valence-electron chi connectivity index (χ4n) is 2.38. The molecule has 0 heterocycles. The molecule has 2 rings (SSSR count). The molecule has 1 saturated carbocycles. The molecule has 1 aliphatic carbocycles. The second-order valence-electron chi connectivity index (χ2n) is 4.84. The zero-order chi connectivity index (χ0) is 13.7. The van der Waals surface area contributed by atoms with Gasteiger partial charge >= 0.3 is 0 Å². The van der Waals surface area contributed by atoms with E-state index in [2.05, 4.69) is 21.2 Å². The lowest BCUT2D eigenvalue weighted by molar-refractivity contribution is -0.116. The number of carbonyl (C=O) groups excluding carboxylic acids is 1. The topological polar surface area (TPSA) is 29.1 Å². The van der Waals surface area contributed by atoms with Crippen LogP contribution in [0.1, 0.15) is 37.7 Å². The van der Waals surface area contributed by atoms with Crippen LogP contribution >= 0.6 is 27.5 Å². The molecule has 1 N–H and O–H groups in total. The van der Waals surface area contributed by atoms with E-state index in [1.54, 1.807) is 17.1 Å². The standard InChI is InChI=1S/C15H17BrClNO/c16-10-14(11-6-8-12(17)9-7-11)15(19)18-13-4-2-1-3-5-13/h6-10,13H,1-5H2,(H,18,19)/b14-10+. The van der Waals surface area contributed by atoms with Gasteiger partial charge in [0.05, 0.1) is 5.57 Å². The van der Waals surface area contributed by atoms with Crippen LogP contribution in [-0.2, 0) is 4.79 Å². The largest absolute Gasteiger partial charge is 0.349 e. The lowest BCUT2D eigenvalue weighted by atomic mass is 9.95. The molecule has 0 saturated heterocycles. The van der Waals surface area contributed by atoms with Crippen molar-refractivity contribution in [1.82, 2.24) is 5.32 Å². The summed E-state index contributed by atoms with van der Waals surface area (Å²) in [6.45, 7) is 0. The van der Waals surface area contributed by atoms with Gasteiger partial charge in [0, 0.05) is 11.1 Å². The maximum atomic E-state index is 12.3. The van der Waals surface area contributed by atoms with Gasteiger partial charge in [-0.05, 0) is 35.5 Å². The Morgan fingerprint density at radius 2 is 1.84 bits per heavy atom. The number of carbonyl (C=O) groups is 1. The Labute approximate surface area is 127 Å². The van der Waals surface area contributed by atoms with Crippen molar-refractivity contribution >= 4 is 39.0 Å². The van der Waals surface area contributed by atoms with Gasteiger partial charge in [0.25, 0.3) is 5.91 Å². The molecule has 1 aromatic rings. The molecule has 102 valence electrons. The average Bonchev–Trinajstić information content (AvgIpc) is 2.43. The molecular weight excluding hydrogens is 326 g/mol. The normalized spacial score (nSPS) is 17.3. The van der Waals surface area contributed by atoms with E-state index >= 15 is 0 Å². The number of hydrogen-bond donors (Lipinski definition) is 1. The quantitative estimate of drug-likeness (QED) is 0.804. The van der Waals surface area contributed by atoms with Crippen LogP contribution in [0, 0.1) is 0 Å². The fraction of sp³-hybridized carbons (Fsp3) is 0.400. The van der Waals surface area contributed by atoms with Crippen LogP contribution in [0.5, 0.6) is 0 Å². The smallest absolute Gasteiger partial charge is 0.252 e. The Morgan fingerprint density at radius 1 is 1.21 bits per heavy atom. The predicted octanol–water partition coefficient (Wildman–Crippen LogP) is 4.52. The minimum atomic E-state index is -0.0221. The molecule has 1 amide bonds. The number of amides is 1. The number of rotatable bonds is 3. The van der Waals surface area contributed by atoms with E-state index in [0.29, 0.717) is 16.6 Å². The molecule has 0 spiro atoms. The van der Waals surface area contributed by atoms with Gasteiger partial charge in [-0.15, -0.1) is 0 Å². The van der Waals surface area contributed by atoms with Crippen molar-refractivity contribution in [2.45, 2.75) is 38.1 Å². The minimum Gasteiger partial charge on any atom is -0.349 e. The summed E-state index contributed by atoms with van der Waals surface area (Å²) in [5.74, 6) is -0.0221. The molecule has 2 nitrogen and oxygen atoms in total. The van der Waals surface area contributed by atoms with E-state index in [4.69, 9.17) is 11.6 Å². The van der Waals surface area contributed by atoms with Crippen molar-refractivity contribution in [2.75, 3.05) is 0 Å². The molecule has 0 aliphatic heterocycles. The van der Waals surface area contributed by atoms with Crippen molar-refractivity contribution < 1.29 is 4.79 Å². The first-order valence-electron chi connectivity index (χ1n) is 6.58. The van der Waals surface area contributed by atoms with Crippen molar-refractivity contribution in [3.8, 4) is 0 Å². The molecule has 0 unspecified atom stereocenters. The Balaban J connectivity index is 2.04. The third kappa shape index (κ3) is 4.08. The molecule has 0 aromatic heterocycles. The second kappa shape index (κ2) is 7.11. The molecule has 0 bridgehead atoms. The van der Waals surface area contributed by atoms with Gasteiger partial charge in [0.2, 0.25) is 0 Å². The van der Waals surface area contributed by atoms with Gasteiger partial charge in [0.15, 0.2) is 0 Å². The van der Waals surface area contributed by atoms with E-state index in [1.165, 1.54) is 19.3 Å². The average molecular weight is 343 g/mol. The first-order chi connectivity index (χ1) is 9.20. The Kier molecular flexibility index (Phi) is 5.46. The lowest BCUT2D eigenvalue weighted by Gasteiger charge is -2.23. The monoisotopic (exact) mass is 341 g/mol. The fourth-order valence-corrected chi connectivity index (χ4v) is 2.98. The van der Waals surface area contributed by atoms with Crippen molar-refractivity contribution in [3.63, 3.8) is 0 Å². The Hall–Kier alpha value is -0.800. The zero-order valence-corrected chi connectivity index (χ0v) is 13.0. The number of halogens is 2. The van der Waals surface area contributed by atoms with Gasteiger partial charge in [0.1, 0.15) is 0 Å². The molecular formula is C15H17BrClNO. The zero-order valence-electron chi connectivity index (χ0n) is 10.7. The first-order valence-corrected chi connectivity index (χ1v) is 7.87. The van der Waals surface area contributed by atoms with Gasteiger partial charge < -0.3 is 5.32 Å². The summed E-state index contributed by atoms with van der Waals surface area (Å²) in [7, 11) is 0. The summed E-state index contributed by atoms with van der Waals surface area (Å²) >= 11 is 9.14. The van der Waals surface area contributed by atoms with Crippen LogP contribution in [0.25, 0.3) is 5.57 Å². The van der Waals surface area contributed by atoms with Crippen LogP contribution < -0.4 is 5.32 Å². The van der Waals surface area contributed by atoms with Crippen LogP contribution in [0.2, 0.25) is 5.02 Å². The van der Waals surface area contributed by atoms with Crippen LogP contribution in [-0.4, -0.2) is 11.9 Å². The lowest BCUT2D eigenvalue weighted by Crippen LogP contribution is -2.36. The molecule has 0 radical (unpaired) electrons. The van der Waals surface area contributed by atoms with Gasteiger partial charge in [-0.3, -0.25) is 4.79 Å². The van der Waals surface area contributed by atoms with Crippen molar-refractivity contribution in [1.29, 1.82) is 0 Å². The number of benzene rings is 1. The van der Waals surface area contributed by atoms with Gasteiger partial charge in [-0.2, -0.15) is 0 Å². The molecule has 19 heavy (non-hydrogen) atoms. The van der Waals surface area contributed by atoms with Crippen molar-refractivity contribution in [2.24, 2.45) is 0 Å². The maximum Gasteiger partial charge on any atom is 0.252 e. The SMILES string of the molecule is O=C(NC1CCCCC1)/C(=C/Br)c1ccc(Cl)cc1. The highest BCUT2D eigenvalue weighted by Gasteiger charge is 2.18. The summed E-state index contributed by atoms with van der Waals surface area (Å²) in [4.78, 5) is 14.0. The minimum absolute atomic E-state index is 0.0221. The van der Waals surface area contributed by atoms with Gasteiger partial charge in [-0.25, -0.2) is 0 Å². The van der Waals surface area contributed by atoms with Crippen LogP contribution in [0.15, 0.2) is 29.3 Å². The summed E-state index contributed by atoms with van der Waals surface area (Å²) < 4.78 is 0. The van der Waals surface area contributed by atoms with E-state index in [1.807, 2.05) is 12.1 Å². The highest BCUT2D eigenvalue weighted by Crippen LogP contribution is 2.22. The Bertz CT molecular complexity index is 464. The summed E-state index contributed by atoms with van der Waals surface area (Å²) in [6.07, 6.45) is 5.87.